The summed E-state index contributed by atoms with van der Waals surface area (Å²) in [6.45, 7) is 9.59. The maximum absolute atomic E-state index is 14.2. The second-order valence-electron chi connectivity index (χ2n) is 9.72. The second kappa shape index (κ2) is 8.77. The molecule has 1 saturated heterocycles. The minimum atomic E-state index is -0.412. The third kappa shape index (κ3) is 4.43. The molecule has 6 nitrogen and oxygen atoms in total. The highest BCUT2D eigenvalue weighted by molar-refractivity contribution is 5.88. The SMILES string of the molecule is CC(=O)N1[C@H](C)CN([C@H]2CCC[C@@H](NC(=O)C3Cc4c(F)ccc(C)c4N3)C2)C[C@@H]1C. The molecule has 0 radical (unpaired) electrons. The van der Waals surface area contributed by atoms with Crippen molar-refractivity contribution in [1.82, 2.24) is 15.1 Å². The van der Waals surface area contributed by atoms with E-state index in [4.69, 9.17) is 0 Å². The number of hydrogen-bond acceptors (Lipinski definition) is 4. The molecular weight excluding hydrogens is 395 g/mol. The van der Waals surface area contributed by atoms with Gasteiger partial charge >= 0.3 is 0 Å². The van der Waals surface area contributed by atoms with E-state index in [1.165, 1.54) is 6.07 Å². The van der Waals surface area contributed by atoms with Crippen LogP contribution in [0.1, 0.15) is 57.6 Å². The molecule has 2 aliphatic heterocycles. The number of nitrogens with one attached hydrogen (secondary N) is 2. The van der Waals surface area contributed by atoms with Crippen LogP contribution < -0.4 is 10.6 Å². The highest BCUT2D eigenvalue weighted by Gasteiger charge is 2.37. The molecule has 2 fully saturated rings. The Morgan fingerprint density at radius 2 is 1.87 bits per heavy atom. The first-order valence-corrected chi connectivity index (χ1v) is 11.6. The zero-order chi connectivity index (χ0) is 22.3. The zero-order valence-corrected chi connectivity index (χ0v) is 19.1. The van der Waals surface area contributed by atoms with Crippen LogP contribution in [-0.4, -0.2) is 64.9 Å². The Hall–Kier alpha value is -2.15. The molecule has 7 heteroatoms. The Bertz CT molecular complexity index is 817. The van der Waals surface area contributed by atoms with Crippen molar-refractivity contribution < 1.29 is 14.0 Å². The van der Waals surface area contributed by atoms with Gasteiger partial charge in [-0.1, -0.05) is 6.07 Å². The van der Waals surface area contributed by atoms with E-state index in [2.05, 4.69) is 29.4 Å². The first kappa shape index (κ1) is 22.1. The van der Waals surface area contributed by atoms with E-state index < -0.39 is 6.04 Å². The molecule has 2 heterocycles. The van der Waals surface area contributed by atoms with Gasteiger partial charge in [0.2, 0.25) is 11.8 Å². The third-order valence-corrected chi connectivity index (χ3v) is 7.33. The van der Waals surface area contributed by atoms with Gasteiger partial charge in [-0.2, -0.15) is 0 Å². The number of amides is 2. The van der Waals surface area contributed by atoms with Crippen LogP contribution >= 0.6 is 0 Å². The monoisotopic (exact) mass is 430 g/mol. The number of halogens is 1. The molecule has 31 heavy (non-hydrogen) atoms. The van der Waals surface area contributed by atoms with Gasteiger partial charge < -0.3 is 15.5 Å². The van der Waals surface area contributed by atoms with Gasteiger partial charge in [0.05, 0.1) is 0 Å². The third-order valence-electron chi connectivity index (χ3n) is 7.33. The summed E-state index contributed by atoms with van der Waals surface area (Å²) in [4.78, 5) is 29.4. The van der Waals surface area contributed by atoms with Crippen molar-refractivity contribution in [1.29, 1.82) is 0 Å². The van der Waals surface area contributed by atoms with E-state index in [0.717, 1.165) is 50.0 Å². The number of benzene rings is 1. The van der Waals surface area contributed by atoms with Gasteiger partial charge in [0.25, 0.3) is 0 Å². The van der Waals surface area contributed by atoms with Crippen molar-refractivity contribution in [2.75, 3.05) is 18.4 Å². The lowest BCUT2D eigenvalue weighted by Crippen LogP contribution is -2.61. The van der Waals surface area contributed by atoms with Crippen LogP contribution in [0.2, 0.25) is 0 Å². The average molecular weight is 431 g/mol. The van der Waals surface area contributed by atoms with Crippen molar-refractivity contribution in [3.8, 4) is 0 Å². The Morgan fingerprint density at radius 3 is 2.52 bits per heavy atom. The zero-order valence-electron chi connectivity index (χ0n) is 19.1. The number of nitrogens with zero attached hydrogens (tertiary/aromatic N) is 2. The summed E-state index contributed by atoms with van der Waals surface area (Å²) in [7, 11) is 0. The Labute approximate surface area is 184 Å². The van der Waals surface area contributed by atoms with Crippen LogP contribution in [0.15, 0.2) is 12.1 Å². The molecule has 1 aromatic rings. The van der Waals surface area contributed by atoms with Crippen LogP contribution in [0.5, 0.6) is 0 Å². The lowest BCUT2D eigenvalue weighted by atomic mass is 9.88. The number of piperazine rings is 1. The molecule has 1 aromatic carbocycles. The number of rotatable bonds is 3. The Kier molecular flexibility index (Phi) is 6.24. The maximum Gasteiger partial charge on any atom is 0.243 e. The van der Waals surface area contributed by atoms with E-state index >= 15 is 0 Å². The van der Waals surface area contributed by atoms with Gasteiger partial charge in [-0.05, 0) is 58.1 Å². The Morgan fingerprint density at radius 1 is 1.16 bits per heavy atom. The largest absolute Gasteiger partial charge is 0.373 e. The number of hydrogen-bond donors (Lipinski definition) is 2. The van der Waals surface area contributed by atoms with Crippen molar-refractivity contribution in [3.63, 3.8) is 0 Å². The lowest BCUT2D eigenvalue weighted by Gasteiger charge is -2.48. The molecule has 2 amide bonds. The van der Waals surface area contributed by atoms with Crippen LogP contribution in [0.3, 0.4) is 0 Å². The number of carbonyl (C=O) groups excluding carboxylic acids is 2. The summed E-state index contributed by atoms with van der Waals surface area (Å²) >= 11 is 0. The summed E-state index contributed by atoms with van der Waals surface area (Å²) in [5.41, 5.74) is 2.36. The van der Waals surface area contributed by atoms with E-state index in [0.29, 0.717) is 18.0 Å². The van der Waals surface area contributed by atoms with Crippen LogP contribution in [0, 0.1) is 12.7 Å². The minimum Gasteiger partial charge on any atom is -0.373 e. The van der Waals surface area contributed by atoms with Crippen molar-refractivity contribution in [3.05, 3.63) is 29.1 Å². The molecule has 1 unspecified atom stereocenters. The molecule has 4 rings (SSSR count). The smallest absolute Gasteiger partial charge is 0.243 e. The van der Waals surface area contributed by atoms with E-state index in [-0.39, 0.29) is 35.8 Å². The molecule has 1 aliphatic carbocycles. The maximum atomic E-state index is 14.2. The molecule has 170 valence electrons. The average Bonchev–Trinajstić information content (AvgIpc) is 3.17. The van der Waals surface area contributed by atoms with Gasteiger partial charge in [-0.3, -0.25) is 14.5 Å². The van der Waals surface area contributed by atoms with Gasteiger partial charge in [-0.15, -0.1) is 0 Å². The van der Waals surface area contributed by atoms with Crippen molar-refractivity contribution in [2.24, 2.45) is 0 Å². The van der Waals surface area contributed by atoms with E-state index in [1.54, 1.807) is 13.0 Å². The summed E-state index contributed by atoms with van der Waals surface area (Å²) < 4.78 is 14.2. The number of fused-ring (bicyclic) bond motifs is 1. The van der Waals surface area contributed by atoms with Gasteiger partial charge in [0.15, 0.2) is 0 Å². The number of anilines is 1. The van der Waals surface area contributed by atoms with Gasteiger partial charge in [0.1, 0.15) is 11.9 Å². The summed E-state index contributed by atoms with van der Waals surface area (Å²) in [5, 5.41) is 6.47. The molecule has 0 aromatic heterocycles. The van der Waals surface area contributed by atoms with Crippen LogP contribution in [-0.2, 0) is 16.0 Å². The first-order valence-electron chi connectivity index (χ1n) is 11.6. The molecule has 3 aliphatic rings. The van der Waals surface area contributed by atoms with Crippen LogP contribution in [0.25, 0.3) is 0 Å². The fraction of sp³-hybridized carbons (Fsp3) is 0.667. The van der Waals surface area contributed by atoms with Crippen molar-refractivity contribution in [2.45, 2.75) is 90.0 Å². The van der Waals surface area contributed by atoms with Crippen molar-refractivity contribution >= 4 is 17.5 Å². The molecular formula is C24H35FN4O2. The number of carbonyl (C=O) groups is 2. The lowest BCUT2D eigenvalue weighted by molar-refractivity contribution is -0.137. The van der Waals surface area contributed by atoms with Crippen LogP contribution in [0.4, 0.5) is 10.1 Å². The fourth-order valence-corrected chi connectivity index (χ4v) is 5.94. The normalized spacial score (nSPS) is 31.1. The standard InChI is InChI=1S/C24H35FN4O2/c1-14-8-9-21(25)20-11-22(27-23(14)20)24(31)26-18-6-5-7-19(10-18)28-12-15(2)29(17(4)30)16(3)13-28/h8-9,15-16,18-19,22,27H,5-7,10-13H2,1-4H3,(H,26,31)/t15-,16+,18-,19+,22?/m1/s1. The second-order valence-corrected chi connectivity index (χ2v) is 9.72. The van der Waals surface area contributed by atoms with E-state index in [1.807, 2.05) is 11.8 Å². The molecule has 0 spiro atoms. The number of aryl methyl sites for hydroxylation is 1. The molecule has 0 bridgehead atoms. The summed E-state index contributed by atoms with van der Waals surface area (Å²) in [6, 6.07) is 3.79. The van der Waals surface area contributed by atoms with E-state index in [9.17, 15) is 14.0 Å². The quantitative estimate of drug-likeness (QED) is 0.774. The highest BCUT2D eigenvalue weighted by Crippen LogP contribution is 2.32. The highest BCUT2D eigenvalue weighted by atomic mass is 19.1. The predicted octanol–water partition coefficient (Wildman–Crippen LogP) is 2.84. The predicted molar refractivity (Wildman–Crippen MR) is 119 cm³/mol. The molecule has 1 saturated carbocycles. The van der Waals surface area contributed by atoms with Gasteiger partial charge in [-0.25, -0.2) is 4.39 Å². The summed E-state index contributed by atoms with van der Waals surface area (Å²) in [5.74, 6) is -0.136. The Balaban J connectivity index is 1.35. The topological polar surface area (TPSA) is 64.7 Å². The molecule has 2 N–H and O–H groups in total. The molecule has 5 atom stereocenters. The van der Waals surface area contributed by atoms with Gasteiger partial charge in [0, 0.05) is 61.9 Å². The fourth-order valence-electron chi connectivity index (χ4n) is 5.94. The summed E-state index contributed by atoms with van der Waals surface area (Å²) in [6.07, 6.45) is 4.51. The minimum absolute atomic E-state index is 0.0382. The first-order chi connectivity index (χ1) is 14.7.